The number of nitrogens with one attached hydrogen (secondary N) is 2. The molecule has 0 aromatic carbocycles. The molecule has 2 N–H and O–H groups in total. The van der Waals surface area contributed by atoms with Gasteiger partial charge in [0.05, 0.1) is 0 Å². The van der Waals surface area contributed by atoms with E-state index in [1.807, 2.05) is 4.90 Å². The van der Waals surface area contributed by atoms with Crippen molar-refractivity contribution in [1.82, 2.24) is 15.5 Å². The molecular weight excluding hydrogens is 190 g/mol. The van der Waals surface area contributed by atoms with Gasteiger partial charge in [0, 0.05) is 25.7 Å². The molecule has 0 radical (unpaired) electrons. The summed E-state index contributed by atoms with van der Waals surface area (Å²) < 4.78 is 0. The summed E-state index contributed by atoms with van der Waals surface area (Å²) in [5, 5.41) is 6.44. The average molecular weight is 211 g/mol. The van der Waals surface area contributed by atoms with Crippen molar-refractivity contribution < 1.29 is 4.79 Å². The smallest absolute Gasteiger partial charge is 0.317 e. The molecule has 0 aromatic heterocycles. The standard InChI is InChI=1S/C11H21N3O/c1-2-5-13-11(15)14-7-9-4-3-6-12-10(9)8-14/h9-10,12H,2-8H2,1H3,(H,13,15)/t9-,10+/m0/s1. The van der Waals surface area contributed by atoms with Crippen LogP contribution in [0.5, 0.6) is 0 Å². The number of piperidine rings is 1. The molecule has 0 bridgehead atoms. The number of nitrogens with zero attached hydrogens (tertiary/aromatic N) is 1. The molecule has 0 unspecified atom stereocenters. The van der Waals surface area contributed by atoms with Gasteiger partial charge in [0.2, 0.25) is 0 Å². The van der Waals surface area contributed by atoms with Gasteiger partial charge >= 0.3 is 6.03 Å². The van der Waals surface area contributed by atoms with Crippen LogP contribution in [-0.2, 0) is 0 Å². The van der Waals surface area contributed by atoms with Crippen LogP contribution >= 0.6 is 0 Å². The first-order valence-corrected chi connectivity index (χ1v) is 6.07. The second-order valence-corrected chi connectivity index (χ2v) is 4.60. The number of amides is 2. The Morgan fingerprint density at radius 1 is 1.53 bits per heavy atom. The Balaban J connectivity index is 1.82. The molecule has 86 valence electrons. The first-order chi connectivity index (χ1) is 7.31. The Hall–Kier alpha value is -0.770. The minimum absolute atomic E-state index is 0.119. The topological polar surface area (TPSA) is 44.4 Å². The summed E-state index contributed by atoms with van der Waals surface area (Å²) in [6, 6.07) is 0.666. The monoisotopic (exact) mass is 211 g/mol. The molecule has 2 fully saturated rings. The Kier molecular flexibility index (Phi) is 3.46. The summed E-state index contributed by atoms with van der Waals surface area (Å²) in [6.45, 7) is 5.81. The summed E-state index contributed by atoms with van der Waals surface area (Å²) in [4.78, 5) is 13.7. The summed E-state index contributed by atoms with van der Waals surface area (Å²) in [7, 11) is 0. The lowest BCUT2D eigenvalue weighted by Crippen LogP contribution is -2.42. The molecule has 0 saturated carbocycles. The maximum absolute atomic E-state index is 11.7. The normalized spacial score (nSPS) is 30.1. The van der Waals surface area contributed by atoms with Crippen LogP contribution in [-0.4, -0.2) is 43.2 Å². The number of carbonyl (C=O) groups excluding carboxylic acids is 1. The van der Waals surface area contributed by atoms with Crippen molar-refractivity contribution in [1.29, 1.82) is 0 Å². The molecule has 2 heterocycles. The zero-order valence-electron chi connectivity index (χ0n) is 9.46. The van der Waals surface area contributed by atoms with E-state index in [0.717, 1.165) is 32.6 Å². The molecule has 2 aliphatic heterocycles. The van der Waals surface area contributed by atoms with E-state index in [1.54, 1.807) is 0 Å². The van der Waals surface area contributed by atoms with Crippen molar-refractivity contribution in [3.8, 4) is 0 Å². The molecule has 2 aliphatic rings. The zero-order chi connectivity index (χ0) is 10.7. The van der Waals surface area contributed by atoms with E-state index in [1.165, 1.54) is 12.8 Å². The first-order valence-electron chi connectivity index (χ1n) is 6.07. The number of hydrogen-bond donors (Lipinski definition) is 2. The van der Waals surface area contributed by atoms with Crippen molar-refractivity contribution in [2.75, 3.05) is 26.2 Å². The number of rotatable bonds is 2. The van der Waals surface area contributed by atoms with E-state index in [0.29, 0.717) is 12.0 Å². The Bertz CT molecular complexity index is 218. The van der Waals surface area contributed by atoms with E-state index in [2.05, 4.69) is 17.6 Å². The molecular formula is C11H21N3O. The van der Waals surface area contributed by atoms with Crippen molar-refractivity contribution in [3.05, 3.63) is 0 Å². The van der Waals surface area contributed by atoms with Gasteiger partial charge < -0.3 is 15.5 Å². The molecule has 4 nitrogen and oxygen atoms in total. The van der Waals surface area contributed by atoms with Crippen LogP contribution in [0.1, 0.15) is 26.2 Å². The van der Waals surface area contributed by atoms with E-state index in [9.17, 15) is 4.79 Å². The summed E-state index contributed by atoms with van der Waals surface area (Å²) in [5.74, 6) is 0.686. The van der Waals surface area contributed by atoms with Crippen molar-refractivity contribution >= 4 is 6.03 Å². The highest BCUT2D eigenvalue weighted by molar-refractivity contribution is 5.74. The Labute approximate surface area is 91.4 Å². The van der Waals surface area contributed by atoms with Gasteiger partial charge in [0.25, 0.3) is 0 Å². The van der Waals surface area contributed by atoms with Gasteiger partial charge in [0.1, 0.15) is 0 Å². The van der Waals surface area contributed by atoms with Gasteiger partial charge in [-0.15, -0.1) is 0 Å². The number of hydrogen-bond acceptors (Lipinski definition) is 2. The molecule has 4 heteroatoms. The lowest BCUT2D eigenvalue weighted by atomic mass is 9.94. The summed E-state index contributed by atoms with van der Waals surface area (Å²) in [5.41, 5.74) is 0. The first kappa shape index (κ1) is 10.7. The minimum atomic E-state index is 0.119. The lowest BCUT2D eigenvalue weighted by Gasteiger charge is -2.24. The van der Waals surface area contributed by atoms with Crippen molar-refractivity contribution in [3.63, 3.8) is 0 Å². The molecule has 0 aromatic rings. The highest BCUT2D eigenvalue weighted by Gasteiger charge is 2.36. The average Bonchev–Trinajstić information content (AvgIpc) is 2.69. The second kappa shape index (κ2) is 4.84. The van der Waals surface area contributed by atoms with Gasteiger partial charge in [-0.3, -0.25) is 0 Å². The lowest BCUT2D eigenvalue weighted by molar-refractivity contribution is 0.206. The highest BCUT2D eigenvalue weighted by atomic mass is 16.2. The van der Waals surface area contributed by atoms with E-state index < -0.39 is 0 Å². The fourth-order valence-corrected chi connectivity index (χ4v) is 2.56. The number of urea groups is 1. The Morgan fingerprint density at radius 3 is 3.13 bits per heavy atom. The molecule has 2 rings (SSSR count). The van der Waals surface area contributed by atoms with Crippen LogP contribution in [0, 0.1) is 5.92 Å². The van der Waals surface area contributed by atoms with Crippen molar-refractivity contribution in [2.45, 2.75) is 32.2 Å². The molecule has 2 saturated heterocycles. The zero-order valence-corrected chi connectivity index (χ0v) is 9.46. The fourth-order valence-electron chi connectivity index (χ4n) is 2.56. The van der Waals surface area contributed by atoms with Crippen LogP contribution in [0.15, 0.2) is 0 Å². The maximum atomic E-state index is 11.7. The van der Waals surface area contributed by atoms with Gasteiger partial charge in [-0.1, -0.05) is 6.92 Å². The number of fused-ring (bicyclic) bond motifs is 1. The minimum Gasteiger partial charge on any atom is -0.338 e. The molecule has 0 spiro atoms. The predicted octanol–water partition coefficient (Wildman–Crippen LogP) is 0.790. The third-order valence-electron chi connectivity index (χ3n) is 3.41. The number of carbonyl (C=O) groups is 1. The summed E-state index contributed by atoms with van der Waals surface area (Å²) >= 11 is 0. The van der Waals surface area contributed by atoms with Gasteiger partial charge in [0.15, 0.2) is 0 Å². The van der Waals surface area contributed by atoms with Gasteiger partial charge in [-0.05, 0) is 31.7 Å². The van der Waals surface area contributed by atoms with Crippen LogP contribution in [0.2, 0.25) is 0 Å². The second-order valence-electron chi connectivity index (χ2n) is 4.60. The fraction of sp³-hybridized carbons (Fsp3) is 0.909. The van der Waals surface area contributed by atoms with Gasteiger partial charge in [-0.25, -0.2) is 4.79 Å². The third kappa shape index (κ3) is 2.43. The highest BCUT2D eigenvalue weighted by Crippen LogP contribution is 2.24. The molecule has 2 amide bonds. The molecule has 2 atom stereocenters. The van der Waals surface area contributed by atoms with E-state index >= 15 is 0 Å². The largest absolute Gasteiger partial charge is 0.338 e. The van der Waals surface area contributed by atoms with E-state index in [4.69, 9.17) is 0 Å². The van der Waals surface area contributed by atoms with Gasteiger partial charge in [-0.2, -0.15) is 0 Å². The van der Waals surface area contributed by atoms with E-state index in [-0.39, 0.29) is 6.03 Å². The third-order valence-corrected chi connectivity index (χ3v) is 3.41. The quantitative estimate of drug-likeness (QED) is 0.709. The number of likely N-dealkylation sites (tertiary alicyclic amines) is 1. The molecule has 0 aliphatic carbocycles. The summed E-state index contributed by atoms with van der Waals surface area (Å²) in [6.07, 6.45) is 3.53. The molecule has 15 heavy (non-hydrogen) atoms. The Morgan fingerprint density at radius 2 is 2.40 bits per heavy atom. The SMILES string of the molecule is CCCNC(=O)N1C[C@@H]2CCCN[C@@H]2C1. The van der Waals surface area contributed by atoms with Crippen LogP contribution in [0.3, 0.4) is 0 Å². The van der Waals surface area contributed by atoms with Crippen LogP contribution in [0.25, 0.3) is 0 Å². The van der Waals surface area contributed by atoms with Crippen molar-refractivity contribution in [2.24, 2.45) is 5.92 Å². The van der Waals surface area contributed by atoms with Crippen LogP contribution < -0.4 is 10.6 Å². The maximum Gasteiger partial charge on any atom is 0.317 e. The van der Waals surface area contributed by atoms with Crippen LogP contribution in [0.4, 0.5) is 4.79 Å². The predicted molar refractivity (Wildman–Crippen MR) is 59.8 cm³/mol.